The van der Waals surface area contributed by atoms with E-state index in [2.05, 4.69) is 10.6 Å². The largest absolute Gasteiger partial charge is 0.462 e. The van der Waals surface area contributed by atoms with E-state index < -0.39 is 11.2 Å². The molecule has 0 spiro atoms. The van der Waals surface area contributed by atoms with Crippen LogP contribution in [0.5, 0.6) is 0 Å². The first-order chi connectivity index (χ1) is 15.5. The molecule has 164 valence electrons. The highest BCUT2D eigenvalue weighted by molar-refractivity contribution is 8.00. The maximum atomic E-state index is 13.2. The molecule has 2 N–H and O–H groups in total. The van der Waals surface area contributed by atoms with Crippen molar-refractivity contribution in [3.8, 4) is 0 Å². The number of carbonyl (C=O) groups excluding carboxylic acids is 3. The molecule has 2 amide bonds. The number of ether oxygens (including phenoxy) is 1. The van der Waals surface area contributed by atoms with Gasteiger partial charge in [-0.25, -0.2) is 4.79 Å². The van der Waals surface area contributed by atoms with Gasteiger partial charge in [0.25, 0.3) is 0 Å². The number of rotatable bonds is 8. The highest BCUT2D eigenvalue weighted by atomic mass is 32.2. The second-order valence-corrected chi connectivity index (χ2v) is 8.08. The van der Waals surface area contributed by atoms with Crippen LogP contribution in [0.1, 0.15) is 35.0 Å². The number of benzene rings is 3. The van der Waals surface area contributed by atoms with Crippen molar-refractivity contribution in [3.05, 3.63) is 90.0 Å². The average molecular weight is 449 g/mol. The van der Waals surface area contributed by atoms with Crippen LogP contribution in [0.4, 0.5) is 11.4 Å². The van der Waals surface area contributed by atoms with Crippen LogP contribution < -0.4 is 10.6 Å². The topological polar surface area (TPSA) is 84.5 Å². The van der Waals surface area contributed by atoms with Gasteiger partial charge in [0, 0.05) is 23.2 Å². The van der Waals surface area contributed by atoms with Crippen molar-refractivity contribution in [2.24, 2.45) is 0 Å². The predicted molar refractivity (Wildman–Crippen MR) is 127 cm³/mol. The molecule has 0 saturated carbocycles. The van der Waals surface area contributed by atoms with Crippen LogP contribution in [0.25, 0.3) is 0 Å². The smallest absolute Gasteiger partial charge is 0.338 e. The molecule has 3 aromatic rings. The monoisotopic (exact) mass is 448 g/mol. The van der Waals surface area contributed by atoms with Gasteiger partial charge in [-0.3, -0.25) is 9.59 Å². The lowest BCUT2D eigenvalue weighted by molar-refractivity contribution is -0.116. The Morgan fingerprint density at radius 2 is 1.44 bits per heavy atom. The number of carbonyl (C=O) groups is 3. The summed E-state index contributed by atoms with van der Waals surface area (Å²) in [6.45, 7) is 3.51. The van der Waals surface area contributed by atoms with E-state index in [1.54, 1.807) is 43.3 Å². The molecule has 0 saturated heterocycles. The van der Waals surface area contributed by atoms with Gasteiger partial charge in [-0.2, -0.15) is 0 Å². The maximum Gasteiger partial charge on any atom is 0.338 e. The number of anilines is 2. The second-order valence-electron chi connectivity index (χ2n) is 6.90. The van der Waals surface area contributed by atoms with Crippen molar-refractivity contribution < 1.29 is 19.1 Å². The summed E-state index contributed by atoms with van der Waals surface area (Å²) in [5.41, 5.74) is 2.58. The van der Waals surface area contributed by atoms with Gasteiger partial charge in [0.2, 0.25) is 11.8 Å². The first-order valence-electron chi connectivity index (χ1n) is 10.1. The van der Waals surface area contributed by atoms with Gasteiger partial charge >= 0.3 is 5.97 Å². The lowest BCUT2D eigenvalue weighted by atomic mass is 10.1. The zero-order chi connectivity index (χ0) is 22.9. The standard InChI is InChI=1S/C25H24N2O4S/c1-3-31-25(30)19-9-11-21(12-10-19)27-24(29)23(18-7-5-4-6-8-18)32-22-15-13-20(14-16-22)26-17(2)28/h4-16,23H,3H2,1-2H3,(H,26,28)(H,27,29). The maximum absolute atomic E-state index is 13.2. The summed E-state index contributed by atoms with van der Waals surface area (Å²) in [6, 6.07) is 23.5. The lowest BCUT2D eigenvalue weighted by Gasteiger charge is -2.17. The summed E-state index contributed by atoms with van der Waals surface area (Å²) in [5.74, 6) is -0.720. The Morgan fingerprint density at radius 3 is 2.03 bits per heavy atom. The van der Waals surface area contributed by atoms with Gasteiger partial charge in [0.05, 0.1) is 12.2 Å². The normalized spacial score (nSPS) is 11.3. The van der Waals surface area contributed by atoms with Crippen LogP contribution in [-0.2, 0) is 14.3 Å². The van der Waals surface area contributed by atoms with Gasteiger partial charge in [-0.05, 0) is 61.0 Å². The SMILES string of the molecule is CCOC(=O)c1ccc(NC(=O)C(Sc2ccc(NC(C)=O)cc2)c2ccccc2)cc1. The van der Waals surface area contributed by atoms with Crippen LogP contribution in [-0.4, -0.2) is 24.4 Å². The van der Waals surface area contributed by atoms with Crippen LogP contribution >= 0.6 is 11.8 Å². The average Bonchev–Trinajstić information content (AvgIpc) is 2.79. The fourth-order valence-corrected chi connectivity index (χ4v) is 3.99. The van der Waals surface area contributed by atoms with Crippen molar-refractivity contribution in [2.45, 2.75) is 24.0 Å². The summed E-state index contributed by atoms with van der Waals surface area (Å²) in [4.78, 5) is 37.1. The summed E-state index contributed by atoms with van der Waals surface area (Å²) < 4.78 is 4.99. The fourth-order valence-electron chi connectivity index (χ4n) is 2.97. The molecule has 3 aromatic carbocycles. The minimum atomic E-state index is -0.493. The number of nitrogens with one attached hydrogen (secondary N) is 2. The van der Waals surface area contributed by atoms with E-state index >= 15 is 0 Å². The second kappa shape index (κ2) is 11.2. The molecule has 6 nitrogen and oxygen atoms in total. The Bertz CT molecular complexity index is 1070. The summed E-state index contributed by atoms with van der Waals surface area (Å²) in [7, 11) is 0. The van der Waals surface area contributed by atoms with Crippen molar-refractivity contribution >= 4 is 40.9 Å². The van der Waals surface area contributed by atoms with Gasteiger partial charge in [0.15, 0.2) is 0 Å². The molecule has 0 heterocycles. The van der Waals surface area contributed by atoms with Crippen LogP contribution in [0.2, 0.25) is 0 Å². The van der Waals surface area contributed by atoms with E-state index in [-0.39, 0.29) is 11.8 Å². The zero-order valence-corrected chi connectivity index (χ0v) is 18.6. The van der Waals surface area contributed by atoms with Crippen molar-refractivity contribution in [1.82, 2.24) is 0 Å². The van der Waals surface area contributed by atoms with Gasteiger partial charge in [0.1, 0.15) is 5.25 Å². The molecule has 0 aliphatic rings. The molecule has 7 heteroatoms. The molecule has 32 heavy (non-hydrogen) atoms. The molecule has 1 unspecified atom stereocenters. The molecule has 0 aromatic heterocycles. The molecule has 0 bridgehead atoms. The highest BCUT2D eigenvalue weighted by Crippen LogP contribution is 2.36. The van der Waals surface area contributed by atoms with E-state index in [1.807, 2.05) is 42.5 Å². The summed E-state index contributed by atoms with van der Waals surface area (Å²) >= 11 is 1.41. The van der Waals surface area contributed by atoms with Gasteiger partial charge < -0.3 is 15.4 Å². The Labute approximate surface area is 191 Å². The quantitative estimate of drug-likeness (QED) is 0.361. The minimum absolute atomic E-state index is 0.138. The van der Waals surface area contributed by atoms with E-state index in [9.17, 15) is 14.4 Å². The molecular weight excluding hydrogens is 424 g/mol. The van der Waals surface area contributed by atoms with E-state index in [4.69, 9.17) is 4.74 Å². The summed E-state index contributed by atoms with van der Waals surface area (Å²) in [5, 5.41) is 5.17. The number of esters is 1. The lowest BCUT2D eigenvalue weighted by Crippen LogP contribution is -2.19. The number of hydrogen-bond donors (Lipinski definition) is 2. The molecule has 0 radical (unpaired) electrons. The van der Waals surface area contributed by atoms with E-state index in [1.165, 1.54) is 18.7 Å². The third kappa shape index (κ3) is 6.46. The Morgan fingerprint density at radius 1 is 0.844 bits per heavy atom. The van der Waals surface area contributed by atoms with Crippen LogP contribution in [0, 0.1) is 0 Å². The Kier molecular flexibility index (Phi) is 8.05. The predicted octanol–water partition coefficient (Wildman–Crippen LogP) is 5.29. The van der Waals surface area contributed by atoms with Crippen molar-refractivity contribution in [1.29, 1.82) is 0 Å². The molecule has 3 rings (SSSR count). The molecular formula is C25H24N2O4S. The highest BCUT2D eigenvalue weighted by Gasteiger charge is 2.22. The summed E-state index contributed by atoms with van der Waals surface area (Å²) in [6.07, 6.45) is 0. The van der Waals surface area contributed by atoms with Gasteiger partial charge in [-0.15, -0.1) is 11.8 Å². The van der Waals surface area contributed by atoms with E-state index in [0.29, 0.717) is 23.5 Å². The number of hydrogen-bond acceptors (Lipinski definition) is 5. The molecule has 0 aliphatic carbocycles. The van der Waals surface area contributed by atoms with Crippen LogP contribution in [0.15, 0.2) is 83.8 Å². The van der Waals surface area contributed by atoms with E-state index in [0.717, 1.165) is 10.5 Å². The number of amides is 2. The fraction of sp³-hybridized carbons (Fsp3) is 0.160. The molecule has 1 atom stereocenters. The van der Waals surface area contributed by atoms with Crippen LogP contribution in [0.3, 0.4) is 0 Å². The molecule has 0 fully saturated rings. The molecule has 0 aliphatic heterocycles. The van der Waals surface area contributed by atoms with Crippen molar-refractivity contribution in [2.75, 3.05) is 17.2 Å². The first-order valence-corrected chi connectivity index (χ1v) is 11.0. The zero-order valence-electron chi connectivity index (χ0n) is 17.8. The van der Waals surface area contributed by atoms with Crippen molar-refractivity contribution in [3.63, 3.8) is 0 Å². The number of thioether (sulfide) groups is 1. The first kappa shape index (κ1) is 23.1. The Balaban J connectivity index is 1.76. The Hall–Kier alpha value is -3.58. The third-order valence-corrected chi connectivity index (χ3v) is 5.70. The van der Waals surface area contributed by atoms with Gasteiger partial charge in [-0.1, -0.05) is 30.3 Å². The third-order valence-electron chi connectivity index (χ3n) is 4.43. The minimum Gasteiger partial charge on any atom is -0.462 e.